The van der Waals surface area contributed by atoms with Gasteiger partial charge in [0.05, 0.1) is 6.10 Å². The number of ether oxygens (including phenoxy) is 1. The Labute approximate surface area is 178 Å². The van der Waals surface area contributed by atoms with Gasteiger partial charge >= 0.3 is 47.7 Å². The first kappa shape index (κ1) is 32.0. The normalized spacial score (nSPS) is 17.7. The van der Waals surface area contributed by atoms with Crippen molar-refractivity contribution in [1.82, 2.24) is 0 Å². The van der Waals surface area contributed by atoms with Gasteiger partial charge in [0.15, 0.2) is 0 Å². The van der Waals surface area contributed by atoms with Crippen LogP contribution in [0.25, 0.3) is 0 Å². The SMILES string of the molecule is C=CC(=O)OCC(O)CC(F)(F)C(F)(F)C(F)(F)C(F)(F)C(F)(F)C(F)(F)C(C)(F)C(F)(F)F. The summed E-state index contributed by atoms with van der Waals surface area (Å²) in [5, 5.41) is 9.05. The van der Waals surface area contributed by atoms with Crippen LogP contribution in [0.3, 0.4) is 0 Å². The van der Waals surface area contributed by atoms with Crippen molar-refractivity contribution in [1.29, 1.82) is 0 Å². The molecule has 34 heavy (non-hydrogen) atoms. The van der Waals surface area contributed by atoms with Crippen molar-refractivity contribution < 1.29 is 84.9 Å². The average Bonchev–Trinajstić information content (AvgIpc) is 2.63. The first-order valence-electron chi connectivity index (χ1n) is 8.10. The number of halogens is 16. The Balaban J connectivity index is 6.39. The minimum absolute atomic E-state index is 0.315. The molecule has 0 aromatic rings. The summed E-state index contributed by atoms with van der Waals surface area (Å²) in [6.07, 6.45) is -13.0. The van der Waals surface area contributed by atoms with E-state index in [1.54, 1.807) is 0 Å². The van der Waals surface area contributed by atoms with Gasteiger partial charge in [-0.25, -0.2) is 9.18 Å². The standard InChI is InChI=1S/C15H12F16O3/c1-3-7(33)34-5-6(32)4-9(17,18)11(21,22)13(25,26)14(27,28)12(23,24)10(19,20)8(2,16)15(29,30)31/h3,6,32H,1,4-5H2,2H3. The smallest absolute Gasteiger partial charge is 0.428 e. The van der Waals surface area contributed by atoms with Gasteiger partial charge in [-0.05, 0) is 6.92 Å². The molecule has 0 bridgehead atoms. The van der Waals surface area contributed by atoms with Gasteiger partial charge in [-0.3, -0.25) is 0 Å². The molecule has 0 spiro atoms. The van der Waals surface area contributed by atoms with E-state index in [1.807, 2.05) is 0 Å². The average molecular weight is 544 g/mol. The maximum Gasteiger partial charge on any atom is 0.428 e. The van der Waals surface area contributed by atoms with E-state index in [2.05, 4.69) is 11.3 Å². The van der Waals surface area contributed by atoms with Crippen molar-refractivity contribution in [2.45, 2.75) is 66.8 Å². The number of hydrogen-bond donors (Lipinski definition) is 1. The Bertz CT molecular complexity index is 755. The summed E-state index contributed by atoms with van der Waals surface area (Å²) >= 11 is 0. The highest BCUT2D eigenvalue weighted by atomic mass is 19.4. The number of aliphatic hydroxyl groups excluding tert-OH is 1. The van der Waals surface area contributed by atoms with Crippen LogP contribution in [0.15, 0.2) is 12.7 Å². The van der Waals surface area contributed by atoms with Crippen LogP contribution in [0.2, 0.25) is 0 Å². The minimum Gasteiger partial charge on any atom is -0.460 e. The van der Waals surface area contributed by atoms with E-state index in [4.69, 9.17) is 5.11 Å². The van der Waals surface area contributed by atoms with Crippen molar-refractivity contribution in [2.24, 2.45) is 0 Å². The molecular formula is C15H12F16O3. The lowest BCUT2D eigenvalue weighted by molar-refractivity contribution is -0.446. The predicted octanol–water partition coefficient (Wildman–Crippen LogP) is 5.57. The molecule has 1 N–H and O–H groups in total. The molecule has 2 unspecified atom stereocenters. The van der Waals surface area contributed by atoms with Crippen LogP contribution < -0.4 is 0 Å². The second-order valence-electron chi connectivity index (χ2n) is 6.77. The van der Waals surface area contributed by atoms with Crippen LogP contribution >= 0.6 is 0 Å². The molecule has 0 fully saturated rings. The lowest BCUT2D eigenvalue weighted by Gasteiger charge is -2.44. The highest BCUT2D eigenvalue weighted by molar-refractivity contribution is 5.81. The third kappa shape index (κ3) is 4.75. The Morgan fingerprint density at radius 3 is 1.47 bits per heavy atom. The summed E-state index contributed by atoms with van der Waals surface area (Å²) in [6, 6.07) is 0. The molecule has 202 valence electrons. The zero-order chi connectivity index (χ0) is 28.0. The van der Waals surface area contributed by atoms with Crippen LogP contribution in [-0.4, -0.2) is 71.2 Å². The molecule has 0 rings (SSSR count). The maximum atomic E-state index is 13.6. The van der Waals surface area contributed by atoms with Gasteiger partial charge in [0.25, 0.3) is 5.67 Å². The van der Waals surface area contributed by atoms with E-state index < -0.39 is 79.4 Å². The molecule has 0 saturated heterocycles. The second-order valence-corrected chi connectivity index (χ2v) is 6.77. The summed E-state index contributed by atoms with van der Waals surface area (Å²) < 4.78 is 217. The largest absolute Gasteiger partial charge is 0.460 e. The van der Waals surface area contributed by atoms with Crippen LogP contribution in [0.4, 0.5) is 70.2 Å². The van der Waals surface area contributed by atoms with Crippen LogP contribution in [-0.2, 0) is 9.53 Å². The number of esters is 1. The Kier molecular flexibility index (Phi) is 8.41. The third-order valence-electron chi connectivity index (χ3n) is 4.24. The molecule has 0 aliphatic rings. The van der Waals surface area contributed by atoms with Crippen molar-refractivity contribution in [3.63, 3.8) is 0 Å². The van der Waals surface area contributed by atoms with Gasteiger partial charge in [0.2, 0.25) is 0 Å². The minimum atomic E-state index is -8.45. The van der Waals surface area contributed by atoms with Gasteiger partial charge < -0.3 is 9.84 Å². The molecule has 0 aliphatic heterocycles. The van der Waals surface area contributed by atoms with Crippen LogP contribution in [0.5, 0.6) is 0 Å². The lowest BCUT2D eigenvalue weighted by Crippen LogP contribution is -2.74. The first-order valence-corrected chi connectivity index (χ1v) is 8.10. The molecule has 0 aromatic carbocycles. The number of carbonyl (C=O) groups excluding carboxylic acids is 1. The van der Waals surface area contributed by atoms with Crippen molar-refractivity contribution in [2.75, 3.05) is 6.61 Å². The van der Waals surface area contributed by atoms with E-state index in [9.17, 15) is 75.0 Å². The van der Waals surface area contributed by atoms with Gasteiger partial charge in [-0.2, -0.15) is 65.9 Å². The fourth-order valence-corrected chi connectivity index (χ4v) is 2.01. The van der Waals surface area contributed by atoms with E-state index in [1.165, 1.54) is 0 Å². The highest BCUT2D eigenvalue weighted by Crippen LogP contribution is 2.63. The molecule has 0 aromatic heterocycles. The molecule has 0 aliphatic carbocycles. The summed E-state index contributed by atoms with van der Waals surface area (Å²) in [4.78, 5) is 10.7. The van der Waals surface area contributed by atoms with E-state index in [0.717, 1.165) is 0 Å². The molecular weight excluding hydrogens is 532 g/mol. The Hall–Kier alpha value is -1.95. The fraction of sp³-hybridized carbons (Fsp3) is 0.800. The van der Waals surface area contributed by atoms with Crippen molar-refractivity contribution >= 4 is 5.97 Å². The number of carbonyl (C=O) groups is 1. The number of hydrogen-bond acceptors (Lipinski definition) is 3. The topological polar surface area (TPSA) is 46.5 Å². The van der Waals surface area contributed by atoms with E-state index >= 15 is 0 Å². The highest BCUT2D eigenvalue weighted by Gasteiger charge is 2.93. The van der Waals surface area contributed by atoms with Crippen molar-refractivity contribution in [3.8, 4) is 0 Å². The number of rotatable bonds is 11. The number of alkyl halides is 16. The molecule has 19 heteroatoms. The Morgan fingerprint density at radius 2 is 1.12 bits per heavy atom. The monoisotopic (exact) mass is 544 g/mol. The first-order chi connectivity index (χ1) is 14.6. The predicted molar refractivity (Wildman–Crippen MR) is 77.0 cm³/mol. The quantitative estimate of drug-likeness (QED) is 0.210. The fourth-order valence-electron chi connectivity index (χ4n) is 2.01. The summed E-state index contributed by atoms with van der Waals surface area (Å²) in [6.45, 7) is -0.456. The van der Waals surface area contributed by atoms with Crippen LogP contribution in [0, 0.1) is 0 Å². The zero-order valence-electron chi connectivity index (χ0n) is 16.1. The van der Waals surface area contributed by atoms with Gasteiger partial charge in [-0.1, -0.05) is 6.58 Å². The maximum absolute atomic E-state index is 13.6. The molecule has 0 heterocycles. The lowest BCUT2D eigenvalue weighted by atomic mass is 9.84. The molecule has 0 saturated carbocycles. The summed E-state index contributed by atoms with van der Waals surface area (Å²) in [5.74, 6) is -48.9. The van der Waals surface area contributed by atoms with Crippen LogP contribution in [0.1, 0.15) is 13.3 Å². The van der Waals surface area contributed by atoms with Gasteiger partial charge in [0.1, 0.15) is 6.61 Å². The molecule has 3 nitrogen and oxygen atoms in total. The van der Waals surface area contributed by atoms with E-state index in [0.29, 0.717) is 6.08 Å². The zero-order valence-corrected chi connectivity index (χ0v) is 16.1. The molecule has 0 radical (unpaired) electrons. The molecule has 0 amide bonds. The second kappa shape index (κ2) is 8.92. The third-order valence-corrected chi connectivity index (χ3v) is 4.24. The number of aliphatic hydroxyl groups is 1. The van der Waals surface area contributed by atoms with Gasteiger partial charge in [-0.15, -0.1) is 0 Å². The summed E-state index contributed by atoms with van der Waals surface area (Å²) in [7, 11) is 0. The summed E-state index contributed by atoms with van der Waals surface area (Å²) in [5.41, 5.74) is -6.74. The Morgan fingerprint density at radius 1 is 0.765 bits per heavy atom. The van der Waals surface area contributed by atoms with Gasteiger partial charge in [0, 0.05) is 12.5 Å². The molecule has 2 atom stereocenters. The van der Waals surface area contributed by atoms with Crippen molar-refractivity contribution in [3.05, 3.63) is 12.7 Å². The van der Waals surface area contributed by atoms with E-state index in [-0.39, 0.29) is 0 Å².